The van der Waals surface area contributed by atoms with Crippen molar-refractivity contribution < 1.29 is 55.0 Å². The molecule has 6 rings (SSSR count). The summed E-state index contributed by atoms with van der Waals surface area (Å²) >= 11 is 0. The zero-order chi connectivity index (χ0) is 28.6. The third-order valence-electron chi connectivity index (χ3n) is 9.83. The van der Waals surface area contributed by atoms with Crippen LogP contribution in [0.2, 0.25) is 0 Å². The third-order valence-corrected chi connectivity index (χ3v) is 14.6. The van der Waals surface area contributed by atoms with Gasteiger partial charge in [0.2, 0.25) is 20.0 Å². The monoisotopic (exact) mass is 589 g/mol. The van der Waals surface area contributed by atoms with Gasteiger partial charge in [0.05, 0.1) is 23.7 Å². The molecule has 15 heteroatoms. The largest absolute Gasteiger partial charge is 0.422 e. The van der Waals surface area contributed by atoms with Gasteiger partial charge in [-0.15, -0.1) is 4.13 Å². The molecule has 4 aliphatic carbocycles. The van der Waals surface area contributed by atoms with Gasteiger partial charge in [-0.1, -0.05) is 0 Å². The van der Waals surface area contributed by atoms with Gasteiger partial charge in [-0.2, -0.15) is 0 Å². The Morgan fingerprint density at radius 3 is 1.44 bits per heavy atom. The van der Waals surface area contributed by atoms with Gasteiger partial charge in [-0.25, -0.2) is 16.8 Å². The number of hydrogen-bond acceptors (Lipinski definition) is 12. The zero-order valence-electron chi connectivity index (χ0n) is 21.9. The highest BCUT2D eigenvalue weighted by Crippen LogP contribution is 2.62. The molecule has 1 N–H and O–H groups in total. The lowest BCUT2D eigenvalue weighted by molar-refractivity contribution is -0.225. The third kappa shape index (κ3) is 3.51. The molecule has 0 spiro atoms. The molecule has 4 bridgehead atoms. The second-order valence-corrected chi connectivity index (χ2v) is 17.6. The first kappa shape index (κ1) is 26.9. The fourth-order valence-corrected chi connectivity index (χ4v) is 10.7. The first-order chi connectivity index (χ1) is 17.8. The van der Waals surface area contributed by atoms with E-state index < -0.39 is 76.8 Å². The van der Waals surface area contributed by atoms with E-state index in [0.29, 0.717) is 25.7 Å². The van der Waals surface area contributed by atoms with E-state index in [-0.39, 0.29) is 36.5 Å². The summed E-state index contributed by atoms with van der Waals surface area (Å²) in [6, 6.07) is 0. The number of esters is 4. The molecule has 8 atom stereocenters. The first-order valence-electron chi connectivity index (χ1n) is 13.0. The van der Waals surface area contributed by atoms with E-state index in [1.165, 1.54) is 4.13 Å². The zero-order valence-corrected chi connectivity index (χ0v) is 23.6. The Labute approximate surface area is 225 Å². The van der Waals surface area contributed by atoms with Crippen molar-refractivity contribution >= 4 is 43.9 Å². The number of hydrogen-bond donors (Lipinski definition) is 1. The van der Waals surface area contributed by atoms with Crippen LogP contribution in [0.1, 0.15) is 66.2 Å². The van der Waals surface area contributed by atoms with Gasteiger partial charge in [0.25, 0.3) is 11.6 Å². The number of carbonyl (C=O) groups excluding carboxylic acids is 4. The van der Waals surface area contributed by atoms with E-state index in [4.69, 9.17) is 18.9 Å². The molecule has 4 saturated carbocycles. The van der Waals surface area contributed by atoms with Gasteiger partial charge in [-0.05, 0) is 65.2 Å². The highest BCUT2D eigenvalue weighted by molar-refractivity contribution is 8.06. The van der Waals surface area contributed by atoms with Gasteiger partial charge in [0.15, 0.2) is 9.49 Å². The summed E-state index contributed by atoms with van der Waals surface area (Å²) in [6.07, 6.45) is 2.97. The van der Waals surface area contributed by atoms with Crippen LogP contribution >= 0.6 is 0 Å². The molecule has 0 aromatic carbocycles. The Morgan fingerprint density at radius 1 is 0.744 bits per heavy atom. The topological polar surface area (TPSA) is 186 Å². The number of fused-ring (bicyclic) bond motifs is 2. The van der Waals surface area contributed by atoms with E-state index in [1.807, 2.05) is 0 Å². The minimum Gasteiger partial charge on any atom is -0.422 e. The van der Waals surface area contributed by atoms with Gasteiger partial charge >= 0.3 is 23.9 Å². The Hall–Kier alpha value is -2.26. The average molecular weight is 590 g/mol. The normalized spacial score (nSPS) is 40.1. The molecule has 216 valence electrons. The van der Waals surface area contributed by atoms with Crippen molar-refractivity contribution in [3.05, 3.63) is 0 Å². The SMILES string of the molecule is CC(C)(C(=O)OC12CC3CC(C(=O)O1)C2C3)S(=O)(=O)NS(=O)(=O)C(C)(C)C(=O)OC12CC3CC(C(=O)O1)C2C3. The lowest BCUT2D eigenvalue weighted by Crippen LogP contribution is -2.58. The van der Waals surface area contributed by atoms with Crippen molar-refractivity contribution in [1.82, 2.24) is 4.13 Å². The lowest BCUT2D eigenvalue weighted by Gasteiger charge is -2.35. The van der Waals surface area contributed by atoms with Crippen LogP contribution in [0.5, 0.6) is 0 Å². The minimum absolute atomic E-state index is 0.105. The maximum Gasteiger partial charge on any atom is 0.331 e. The summed E-state index contributed by atoms with van der Waals surface area (Å²) in [4.78, 5) is 50.8. The number of nitrogens with one attached hydrogen (secondary N) is 1. The molecular weight excluding hydrogens is 558 g/mol. The summed E-state index contributed by atoms with van der Waals surface area (Å²) in [5, 5.41) is 0. The molecule has 2 saturated heterocycles. The summed E-state index contributed by atoms with van der Waals surface area (Å²) in [5.41, 5.74) is 0. The second-order valence-electron chi connectivity index (χ2n) is 12.9. The number of ether oxygens (including phenoxy) is 4. The van der Waals surface area contributed by atoms with E-state index in [0.717, 1.165) is 27.7 Å². The summed E-state index contributed by atoms with van der Waals surface area (Å²) in [5.74, 6) is -8.08. The Morgan fingerprint density at radius 2 is 1.10 bits per heavy atom. The molecule has 0 amide bonds. The molecule has 6 fully saturated rings. The highest BCUT2D eigenvalue weighted by atomic mass is 32.3. The Kier molecular flexibility index (Phi) is 5.33. The van der Waals surface area contributed by atoms with Crippen LogP contribution in [0.25, 0.3) is 0 Å². The molecule has 13 nitrogen and oxygen atoms in total. The fraction of sp³-hybridized carbons (Fsp3) is 0.833. The van der Waals surface area contributed by atoms with E-state index in [1.54, 1.807) is 0 Å². The van der Waals surface area contributed by atoms with E-state index in [9.17, 15) is 36.0 Å². The van der Waals surface area contributed by atoms with Crippen LogP contribution in [-0.4, -0.2) is 61.8 Å². The molecule has 0 radical (unpaired) electrons. The maximum atomic E-state index is 13.3. The van der Waals surface area contributed by atoms with Crippen molar-refractivity contribution in [2.45, 2.75) is 87.3 Å². The quantitative estimate of drug-likeness (QED) is 0.387. The molecule has 39 heavy (non-hydrogen) atoms. The van der Waals surface area contributed by atoms with Crippen LogP contribution in [0.15, 0.2) is 0 Å². The minimum atomic E-state index is -5.03. The van der Waals surface area contributed by atoms with Gasteiger partial charge in [0.1, 0.15) is 0 Å². The average Bonchev–Trinajstić information content (AvgIpc) is 3.58. The Bertz CT molecular complexity index is 1310. The predicted molar refractivity (Wildman–Crippen MR) is 128 cm³/mol. The van der Waals surface area contributed by atoms with Gasteiger partial charge in [0, 0.05) is 12.8 Å². The standard InChI is InChI=1S/C24H31NO12S2/c1-21(2,19(28)36-23-9-11-5-13(15(23)7-11)17(26)34-23)38(30,31)25-39(32,33)22(3,4)20(29)37-24-10-12-6-14(16(24)8-12)18(27)35-24/h11-16,25H,5-10H2,1-4H3. The van der Waals surface area contributed by atoms with E-state index >= 15 is 0 Å². The van der Waals surface area contributed by atoms with Crippen LogP contribution in [0.3, 0.4) is 0 Å². The molecule has 6 aliphatic rings. The van der Waals surface area contributed by atoms with Crippen LogP contribution < -0.4 is 4.13 Å². The van der Waals surface area contributed by atoms with Crippen molar-refractivity contribution in [2.75, 3.05) is 0 Å². The smallest absolute Gasteiger partial charge is 0.331 e. The van der Waals surface area contributed by atoms with Crippen LogP contribution in [0, 0.1) is 35.5 Å². The number of sulfonamides is 2. The fourth-order valence-electron chi connectivity index (χ4n) is 7.35. The molecule has 2 heterocycles. The van der Waals surface area contributed by atoms with Gasteiger partial charge in [-0.3, -0.25) is 19.2 Å². The first-order valence-corrected chi connectivity index (χ1v) is 16.0. The molecule has 8 unspecified atom stereocenters. The maximum absolute atomic E-state index is 13.3. The lowest BCUT2D eigenvalue weighted by atomic mass is 9.87. The van der Waals surface area contributed by atoms with Crippen molar-refractivity contribution in [1.29, 1.82) is 0 Å². The number of carbonyl (C=O) groups is 4. The van der Waals surface area contributed by atoms with Crippen LogP contribution in [-0.2, 0) is 58.2 Å². The second kappa shape index (κ2) is 7.72. The van der Waals surface area contributed by atoms with Gasteiger partial charge < -0.3 is 18.9 Å². The predicted octanol–water partition coefficient (Wildman–Crippen LogP) is 0.478. The highest BCUT2D eigenvalue weighted by Gasteiger charge is 2.70. The van der Waals surface area contributed by atoms with Crippen molar-refractivity contribution in [3.63, 3.8) is 0 Å². The van der Waals surface area contributed by atoms with Crippen molar-refractivity contribution in [3.8, 4) is 0 Å². The molecule has 0 aromatic heterocycles. The van der Waals surface area contributed by atoms with Crippen molar-refractivity contribution in [2.24, 2.45) is 35.5 Å². The van der Waals surface area contributed by atoms with E-state index in [2.05, 4.69) is 0 Å². The number of rotatable bonds is 8. The molecular formula is C24H31NO12S2. The summed E-state index contributed by atoms with van der Waals surface area (Å²) in [6.45, 7) is 3.85. The summed E-state index contributed by atoms with van der Waals surface area (Å²) in [7, 11) is -10.1. The Balaban J connectivity index is 1.18. The van der Waals surface area contributed by atoms with Crippen LogP contribution in [0.4, 0.5) is 0 Å². The molecule has 2 aliphatic heterocycles. The summed E-state index contributed by atoms with van der Waals surface area (Å²) < 4.78 is 71.6. The molecule has 0 aromatic rings.